The van der Waals surface area contributed by atoms with Gasteiger partial charge in [0.25, 0.3) is 0 Å². The lowest BCUT2D eigenvalue weighted by molar-refractivity contribution is 0.138. The Morgan fingerprint density at radius 3 is 2.88 bits per heavy atom. The minimum atomic E-state index is -0.304. The molecular weight excluding hydrogens is 214 g/mol. The molecule has 1 rings (SSSR count). The lowest BCUT2D eigenvalue weighted by atomic mass is 10.3. The molecule has 0 saturated carbocycles. The zero-order valence-electron chi connectivity index (χ0n) is 11.0. The zero-order valence-corrected chi connectivity index (χ0v) is 11.0. The number of anilines is 1. The monoisotopic (exact) mass is 237 g/mol. The number of nitrogens with zero attached hydrogens (tertiary/aromatic N) is 2. The van der Waals surface area contributed by atoms with Gasteiger partial charge in [0.05, 0.1) is 11.8 Å². The summed E-state index contributed by atoms with van der Waals surface area (Å²) in [5.41, 5.74) is 1.02. The first kappa shape index (κ1) is 13.9. The molecule has 1 aromatic rings. The van der Waals surface area contributed by atoms with Crippen LogP contribution in [0.4, 0.5) is 5.82 Å². The van der Waals surface area contributed by atoms with Gasteiger partial charge < -0.3 is 10.4 Å². The van der Waals surface area contributed by atoms with Crippen molar-refractivity contribution in [3.8, 4) is 0 Å². The van der Waals surface area contributed by atoms with Gasteiger partial charge in [0.15, 0.2) is 0 Å². The smallest absolute Gasteiger partial charge is 0.126 e. The molecule has 0 saturated heterocycles. The molecule has 17 heavy (non-hydrogen) atoms. The number of aliphatic hydroxyl groups is 1. The van der Waals surface area contributed by atoms with E-state index in [0.717, 1.165) is 31.0 Å². The van der Waals surface area contributed by atoms with Crippen molar-refractivity contribution in [2.24, 2.45) is 0 Å². The predicted molar refractivity (Wildman–Crippen MR) is 71.0 cm³/mol. The van der Waals surface area contributed by atoms with Gasteiger partial charge in [-0.25, -0.2) is 4.98 Å². The van der Waals surface area contributed by atoms with E-state index in [2.05, 4.69) is 22.1 Å². The topological polar surface area (TPSA) is 48.4 Å². The fraction of sp³-hybridized carbons (Fsp3) is 0.615. The maximum absolute atomic E-state index is 9.30. The number of rotatable bonds is 7. The molecule has 0 aliphatic heterocycles. The van der Waals surface area contributed by atoms with Gasteiger partial charge in [-0.1, -0.05) is 13.0 Å². The first-order chi connectivity index (χ1) is 8.11. The Kier molecular flexibility index (Phi) is 5.94. The summed E-state index contributed by atoms with van der Waals surface area (Å²) in [4.78, 5) is 6.59. The van der Waals surface area contributed by atoms with Gasteiger partial charge in [0.2, 0.25) is 0 Å². The van der Waals surface area contributed by atoms with Crippen LogP contribution in [0.3, 0.4) is 0 Å². The van der Waals surface area contributed by atoms with Crippen molar-refractivity contribution in [1.29, 1.82) is 0 Å². The minimum absolute atomic E-state index is 0.304. The molecule has 0 spiro atoms. The molecule has 1 unspecified atom stereocenters. The molecule has 96 valence electrons. The number of aliphatic hydroxyl groups excluding tert-OH is 1. The Labute approximate surface area is 104 Å². The van der Waals surface area contributed by atoms with E-state index < -0.39 is 0 Å². The first-order valence-electron chi connectivity index (χ1n) is 6.18. The van der Waals surface area contributed by atoms with Gasteiger partial charge in [-0.15, -0.1) is 0 Å². The zero-order chi connectivity index (χ0) is 12.7. The highest BCUT2D eigenvalue weighted by atomic mass is 16.3. The summed E-state index contributed by atoms with van der Waals surface area (Å²) in [5.74, 6) is 0.926. The average molecular weight is 237 g/mol. The predicted octanol–water partition coefficient (Wildman–Crippen LogP) is 1.72. The Balaban J connectivity index is 2.52. The second-order valence-corrected chi connectivity index (χ2v) is 4.49. The van der Waals surface area contributed by atoms with Crippen LogP contribution >= 0.6 is 0 Å². The van der Waals surface area contributed by atoms with Crippen LogP contribution in [0.1, 0.15) is 26.0 Å². The van der Waals surface area contributed by atoms with Crippen molar-refractivity contribution < 1.29 is 5.11 Å². The van der Waals surface area contributed by atoms with Crippen LogP contribution in [-0.2, 0) is 6.54 Å². The molecule has 1 atom stereocenters. The highest BCUT2D eigenvalue weighted by Gasteiger charge is 2.05. The van der Waals surface area contributed by atoms with Crippen molar-refractivity contribution in [3.63, 3.8) is 0 Å². The summed E-state index contributed by atoms with van der Waals surface area (Å²) in [6.45, 7) is 6.29. The minimum Gasteiger partial charge on any atom is -0.392 e. The van der Waals surface area contributed by atoms with Crippen LogP contribution in [0.2, 0.25) is 0 Å². The van der Waals surface area contributed by atoms with Crippen molar-refractivity contribution in [3.05, 3.63) is 23.9 Å². The summed E-state index contributed by atoms with van der Waals surface area (Å²) < 4.78 is 0. The Morgan fingerprint density at radius 2 is 2.24 bits per heavy atom. The van der Waals surface area contributed by atoms with E-state index >= 15 is 0 Å². The van der Waals surface area contributed by atoms with Gasteiger partial charge >= 0.3 is 0 Å². The van der Waals surface area contributed by atoms with E-state index in [1.807, 2.05) is 25.2 Å². The normalized spacial score (nSPS) is 12.8. The van der Waals surface area contributed by atoms with E-state index in [-0.39, 0.29) is 6.10 Å². The van der Waals surface area contributed by atoms with Crippen molar-refractivity contribution >= 4 is 5.82 Å². The average Bonchev–Trinajstić information content (AvgIpc) is 2.25. The molecule has 0 fully saturated rings. The van der Waals surface area contributed by atoms with E-state index in [4.69, 9.17) is 0 Å². The van der Waals surface area contributed by atoms with Crippen LogP contribution in [0, 0.1) is 0 Å². The van der Waals surface area contributed by atoms with Crippen LogP contribution in [0.15, 0.2) is 18.2 Å². The summed E-state index contributed by atoms with van der Waals surface area (Å²) >= 11 is 0. The lowest BCUT2D eigenvalue weighted by Gasteiger charge is -2.18. The maximum atomic E-state index is 9.30. The van der Waals surface area contributed by atoms with Gasteiger partial charge in [-0.2, -0.15) is 0 Å². The Bertz CT molecular complexity index is 328. The number of hydrogen-bond donors (Lipinski definition) is 2. The van der Waals surface area contributed by atoms with Crippen molar-refractivity contribution in [1.82, 2.24) is 9.88 Å². The van der Waals surface area contributed by atoms with Crippen LogP contribution < -0.4 is 5.32 Å². The van der Waals surface area contributed by atoms with Crippen molar-refractivity contribution in [2.45, 2.75) is 32.9 Å². The second-order valence-electron chi connectivity index (χ2n) is 4.49. The molecule has 4 nitrogen and oxygen atoms in total. The number of hydrogen-bond acceptors (Lipinski definition) is 4. The molecule has 0 aliphatic carbocycles. The molecule has 0 radical (unpaired) electrons. The quantitative estimate of drug-likeness (QED) is 0.758. The van der Waals surface area contributed by atoms with Crippen LogP contribution in [-0.4, -0.2) is 41.2 Å². The molecule has 1 aromatic heterocycles. The number of pyridine rings is 1. The third kappa shape index (κ3) is 5.65. The molecular formula is C13H23N3O. The summed E-state index contributed by atoms with van der Waals surface area (Å²) in [5, 5.41) is 12.6. The Hall–Kier alpha value is -1.13. The largest absolute Gasteiger partial charge is 0.392 e. The van der Waals surface area contributed by atoms with E-state index in [0.29, 0.717) is 6.54 Å². The number of likely N-dealkylation sites (N-methyl/N-ethyl adjacent to an activating group) is 1. The standard InChI is InChI=1S/C13H23N3O/c1-4-8-14-13-7-5-6-12(15-13)10-16(3)9-11(2)17/h5-7,11,17H,4,8-10H2,1-3H3,(H,14,15). The van der Waals surface area contributed by atoms with Gasteiger partial charge in [-0.05, 0) is 32.5 Å². The van der Waals surface area contributed by atoms with E-state index in [1.54, 1.807) is 6.92 Å². The SMILES string of the molecule is CCCNc1cccc(CN(C)CC(C)O)n1. The molecule has 2 N–H and O–H groups in total. The van der Waals surface area contributed by atoms with E-state index in [9.17, 15) is 5.11 Å². The highest BCUT2D eigenvalue weighted by molar-refractivity contribution is 5.35. The third-order valence-electron chi connectivity index (χ3n) is 2.37. The highest BCUT2D eigenvalue weighted by Crippen LogP contribution is 2.07. The number of nitrogens with one attached hydrogen (secondary N) is 1. The van der Waals surface area contributed by atoms with Gasteiger partial charge in [0.1, 0.15) is 5.82 Å². The number of aromatic nitrogens is 1. The maximum Gasteiger partial charge on any atom is 0.126 e. The fourth-order valence-electron chi connectivity index (χ4n) is 1.71. The van der Waals surface area contributed by atoms with Gasteiger partial charge in [-0.3, -0.25) is 4.90 Å². The molecule has 1 heterocycles. The molecule has 0 aliphatic rings. The third-order valence-corrected chi connectivity index (χ3v) is 2.37. The van der Waals surface area contributed by atoms with Crippen LogP contribution in [0.25, 0.3) is 0 Å². The Morgan fingerprint density at radius 1 is 1.47 bits per heavy atom. The van der Waals surface area contributed by atoms with Crippen LogP contribution in [0.5, 0.6) is 0 Å². The second kappa shape index (κ2) is 7.25. The fourth-order valence-corrected chi connectivity index (χ4v) is 1.71. The molecule has 0 amide bonds. The molecule has 0 aromatic carbocycles. The molecule has 4 heteroatoms. The molecule has 0 bridgehead atoms. The summed E-state index contributed by atoms with van der Waals surface area (Å²) in [6.07, 6.45) is 0.787. The summed E-state index contributed by atoms with van der Waals surface area (Å²) in [7, 11) is 1.99. The first-order valence-corrected chi connectivity index (χ1v) is 6.18. The lowest BCUT2D eigenvalue weighted by Crippen LogP contribution is -2.27. The van der Waals surface area contributed by atoms with E-state index in [1.165, 1.54) is 0 Å². The van der Waals surface area contributed by atoms with Crippen molar-refractivity contribution in [2.75, 3.05) is 25.5 Å². The summed E-state index contributed by atoms with van der Waals surface area (Å²) in [6, 6.07) is 6.00. The van der Waals surface area contributed by atoms with Gasteiger partial charge in [0, 0.05) is 19.6 Å².